The summed E-state index contributed by atoms with van der Waals surface area (Å²) >= 11 is 0. The monoisotopic (exact) mass is 320 g/mol. The van der Waals surface area contributed by atoms with Crippen molar-refractivity contribution in [1.82, 2.24) is 4.90 Å². The topological polar surface area (TPSA) is 55.6 Å². The van der Waals surface area contributed by atoms with Crippen molar-refractivity contribution in [3.63, 3.8) is 0 Å². The summed E-state index contributed by atoms with van der Waals surface area (Å²) < 4.78 is 31.7. The van der Waals surface area contributed by atoms with Crippen molar-refractivity contribution in [2.75, 3.05) is 19.7 Å². The van der Waals surface area contributed by atoms with Gasteiger partial charge in [-0.15, -0.1) is 12.4 Å². The Labute approximate surface area is 128 Å². The molecule has 1 aliphatic rings. The van der Waals surface area contributed by atoms with Crippen LogP contribution in [-0.2, 0) is 9.53 Å². The fourth-order valence-electron chi connectivity index (χ4n) is 2.19. The van der Waals surface area contributed by atoms with Crippen molar-refractivity contribution < 1.29 is 18.3 Å². The van der Waals surface area contributed by atoms with Crippen molar-refractivity contribution in [1.29, 1.82) is 0 Å². The zero-order valence-electron chi connectivity index (χ0n) is 11.7. The molecule has 0 spiro atoms. The van der Waals surface area contributed by atoms with Crippen molar-refractivity contribution in [3.05, 3.63) is 35.4 Å². The molecule has 2 unspecified atom stereocenters. The third kappa shape index (κ3) is 4.62. The Morgan fingerprint density at radius 3 is 2.81 bits per heavy atom. The van der Waals surface area contributed by atoms with Crippen LogP contribution in [0.25, 0.3) is 0 Å². The minimum Gasteiger partial charge on any atom is -0.370 e. The van der Waals surface area contributed by atoms with E-state index in [0.717, 1.165) is 12.1 Å². The third-order valence-electron chi connectivity index (χ3n) is 3.23. The largest absolute Gasteiger partial charge is 0.370 e. The number of benzene rings is 1. The fraction of sp³-hybridized carbons (Fsp3) is 0.500. The Balaban J connectivity index is 0.00000220. The normalized spacial score (nSPS) is 19.8. The molecule has 2 atom stereocenters. The molecule has 7 heteroatoms. The second-order valence-electron chi connectivity index (χ2n) is 5.05. The first kappa shape index (κ1) is 17.8. The Kier molecular flexibility index (Phi) is 6.51. The van der Waals surface area contributed by atoms with Crippen LogP contribution in [0, 0.1) is 11.6 Å². The van der Waals surface area contributed by atoms with E-state index in [2.05, 4.69) is 0 Å². The SMILES string of the molecule is CC(N)CC(=O)N1CCOC(c2ccc(F)c(F)c2)C1.Cl. The number of hydrogen-bond donors (Lipinski definition) is 1. The number of rotatable bonds is 3. The maximum Gasteiger partial charge on any atom is 0.224 e. The van der Waals surface area contributed by atoms with E-state index in [1.165, 1.54) is 6.07 Å². The number of nitrogens with zero attached hydrogens (tertiary/aromatic N) is 1. The number of nitrogens with two attached hydrogens (primary N) is 1. The number of morpholine rings is 1. The summed E-state index contributed by atoms with van der Waals surface area (Å²) in [7, 11) is 0. The Morgan fingerprint density at radius 1 is 1.48 bits per heavy atom. The standard InChI is InChI=1S/C14H18F2N2O2.ClH/c1-9(17)6-14(19)18-4-5-20-13(8-18)10-2-3-11(15)12(16)7-10;/h2-3,7,9,13H,4-6,8,17H2,1H3;1H. The summed E-state index contributed by atoms with van der Waals surface area (Å²) in [6.07, 6.45) is -0.166. The van der Waals surface area contributed by atoms with Crippen LogP contribution < -0.4 is 5.73 Å². The summed E-state index contributed by atoms with van der Waals surface area (Å²) in [5.41, 5.74) is 6.14. The van der Waals surface area contributed by atoms with Gasteiger partial charge < -0.3 is 15.4 Å². The molecule has 2 N–H and O–H groups in total. The molecule has 4 nitrogen and oxygen atoms in total. The van der Waals surface area contributed by atoms with E-state index in [1.54, 1.807) is 11.8 Å². The Morgan fingerprint density at radius 2 is 2.19 bits per heavy atom. The predicted octanol–water partition coefficient (Wildman–Crippen LogP) is 2.02. The minimum atomic E-state index is -0.912. The number of hydrogen-bond acceptors (Lipinski definition) is 3. The maximum atomic E-state index is 13.2. The number of ether oxygens (including phenoxy) is 1. The fourth-order valence-corrected chi connectivity index (χ4v) is 2.19. The van der Waals surface area contributed by atoms with Crippen LogP contribution in [0.15, 0.2) is 18.2 Å². The van der Waals surface area contributed by atoms with Crippen LogP contribution in [0.4, 0.5) is 8.78 Å². The average Bonchev–Trinajstić information content (AvgIpc) is 2.41. The van der Waals surface area contributed by atoms with Gasteiger partial charge in [-0.3, -0.25) is 4.79 Å². The maximum absolute atomic E-state index is 13.2. The van der Waals surface area contributed by atoms with Gasteiger partial charge in [0.2, 0.25) is 5.91 Å². The van der Waals surface area contributed by atoms with Crippen LogP contribution in [0.2, 0.25) is 0 Å². The van der Waals surface area contributed by atoms with Gasteiger partial charge in [-0.2, -0.15) is 0 Å². The van der Waals surface area contributed by atoms with Gasteiger partial charge in [0.05, 0.1) is 13.2 Å². The highest BCUT2D eigenvalue weighted by Gasteiger charge is 2.26. The molecule has 0 radical (unpaired) electrons. The van der Waals surface area contributed by atoms with E-state index in [9.17, 15) is 13.6 Å². The molecule has 1 fully saturated rings. The lowest BCUT2D eigenvalue weighted by molar-refractivity contribution is -0.139. The molecule has 1 saturated heterocycles. The van der Waals surface area contributed by atoms with Crippen LogP contribution in [-0.4, -0.2) is 36.5 Å². The van der Waals surface area contributed by atoms with Crippen molar-refractivity contribution in [3.8, 4) is 0 Å². The molecule has 1 amide bonds. The quantitative estimate of drug-likeness (QED) is 0.927. The molecule has 1 heterocycles. The molecule has 2 rings (SSSR count). The molecule has 0 saturated carbocycles. The molecule has 1 aliphatic heterocycles. The lowest BCUT2D eigenvalue weighted by atomic mass is 10.1. The van der Waals surface area contributed by atoms with Gasteiger partial charge in [0.25, 0.3) is 0 Å². The lowest BCUT2D eigenvalue weighted by Gasteiger charge is -2.33. The van der Waals surface area contributed by atoms with E-state index in [1.807, 2.05) is 0 Å². The first-order valence-electron chi connectivity index (χ1n) is 6.57. The van der Waals surface area contributed by atoms with Gasteiger partial charge in [0.1, 0.15) is 6.10 Å². The molecule has 1 aromatic carbocycles. The van der Waals surface area contributed by atoms with Crippen LogP contribution >= 0.6 is 12.4 Å². The second-order valence-corrected chi connectivity index (χ2v) is 5.05. The first-order valence-corrected chi connectivity index (χ1v) is 6.57. The highest BCUT2D eigenvalue weighted by molar-refractivity contribution is 5.85. The zero-order chi connectivity index (χ0) is 14.7. The highest BCUT2D eigenvalue weighted by Crippen LogP contribution is 2.24. The number of carbonyl (C=O) groups excluding carboxylic acids is 1. The molecule has 0 bridgehead atoms. The van der Waals surface area contributed by atoms with Gasteiger partial charge >= 0.3 is 0 Å². The molecule has 118 valence electrons. The number of halogens is 3. The van der Waals surface area contributed by atoms with Gasteiger partial charge in [-0.05, 0) is 24.6 Å². The summed E-state index contributed by atoms with van der Waals surface area (Å²) in [5, 5.41) is 0. The molecular weight excluding hydrogens is 302 g/mol. The van der Waals surface area contributed by atoms with Gasteiger partial charge in [0.15, 0.2) is 11.6 Å². The van der Waals surface area contributed by atoms with E-state index < -0.39 is 17.7 Å². The second kappa shape index (κ2) is 7.68. The predicted molar refractivity (Wildman–Crippen MR) is 77.1 cm³/mol. The average molecular weight is 321 g/mol. The summed E-state index contributed by atoms with van der Waals surface area (Å²) in [6, 6.07) is 3.45. The van der Waals surface area contributed by atoms with E-state index in [4.69, 9.17) is 10.5 Å². The van der Waals surface area contributed by atoms with Crippen LogP contribution in [0.1, 0.15) is 25.0 Å². The first-order chi connectivity index (χ1) is 9.47. The third-order valence-corrected chi connectivity index (χ3v) is 3.23. The van der Waals surface area contributed by atoms with Crippen molar-refractivity contribution in [2.24, 2.45) is 5.73 Å². The molecule has 0 aliphatic carbocycles. The van der Waals surface area contributed by atoms with Gasteiger partial charge in [0, 0.05) is 19.0 Å². The molecule has 21 heavy (non-hydrogen) atoms. The molecule has 1 aromatic rings. The van der Waals surface area contributed by atoms with Crippen molar-refractivity contribution >= 4 is 18.3 Å². The minimum absolute atomic E-state index is 0. The van der Waals surface area contributed by atoms with Crippen LogP contribution in [0.5, 0.6) is 0 Å². The van der Waals surface area contributed by atoms with E-state index in [0.29, 0.717) is 25.3 Å². The number of carbonyl (C=O) groups is 1. The zero-order valence-corrected chi connectivity index (χ0v) is 12.5. The van der Waals surface area contributed by atoms with Crippen molar-refractivity contribution in [2.45, 2.75) is 25.5 Å². The lowest BCUT2D eigenvalue weighted by Crippen LogP contribution is -2.43. The molecular formula is C14H19ClF2N2O2. The van der Waals surface area contributed by atoms with Crippen LogP contribution in [0.3, 0.4) is 0 Å². The van der Waals surface area contributed by atoms with E-state index in [-0.39, 0.29) is 30.8 Å². The van der Waals surface area contributed by atoms with E-state index >= 15 is 0 Å². The summed E-state index contributed by atoms with van der Waals surface area (Å²) in [4.78, 5) is 13.6. The highest BCUT2D eigenvalue weighted by atomic mass is 35.5. The Bertz CT molecular complexity index is 500. The number of amides is 1. The molecule has 0 aromatic heterocycles. The summed E-state index contributed by atoms with van der Waals surface area (Å²) in [6.45, 7) is 2.96. The Hall–Kier alpha value is -1.24. The van der Waals surface area contributed by atoms with Gasteiger partial charge in [-0.1, -0.05) is 6.07 Å². The summed E-state index contributed by atoms with van der Waals surface area (Å²) in [5.74, 6) is -1.85. The smallest absolute Gasteiger partial charge is 0.224 e. The van der Waals surface area contributed by atoms with Gasteiger partial charge in [-0.25, -0.2) is 8.78 Å².